The first-order chi connectivity index (χ1) is 9.70. The Bertz CT molecular complexity index is 665. The highest BCUT2D eigenvalue weighted by Crippen LogP contribution is 2.18. The number of rotatable bonds is 5. The van der Waals surface area contributed by atoms with Crippen LogP contribution in [0.1, 0.15) is 5.69 Å². The molecule has 104 valence electrons. The van der Waals surface area contributed by atoms with Crippen LogP contribution in [0.25, 0.3) is 4.96 Å². The lowest BCUT2D eigenvalue weighted by Gasteiger charge is -2.07. The van der Waals surface area contributed by atoms with E-state index in [1.54, 1.807) is 23.5 Å². The number of halogens is 2. The molecule has 2 heterocycles. The monoisotopic (exact) mass is 295 g/mol. The van der Waals surface area contributed by atoms with Crippen molar-refractivity contribution in [1.82, 2.24) is 9.38 Å². The number of benzene rings is 1. The van der Waals surface area contributed by atoms with Gasteiger partial charge >= 0.3 is 6.61 Å². The van der Waals surface area contributed by atoms with E-state index in [1.165, 1.54) is 12.1 Å². The number of imidazole rings is 1. The number of nitrogens with one attached hydrogen (secondary N) is 1. The Hall–Kier alpha value is -2.15. The average Bonchev–Trinajstić information content (AvgIpc) is 2.98. The highest BCUT2D eigenvalue weighted by molar-refractivity contribution is 7.15. The lowest BCUT2D eigenvalue weighted by Crippen LogP contribution is -2.02. The van der Waals surface area contributed by atoms with Crippen LogP contribution in [-0.4, -0.2) is 16.0 Å². The van der Waals surface area contributed by atoms with Crippen molar-refractivity contribution < 1.29 is 13.5 Å². The Balaban J connectivity index is 1.61. The van der Waals surface area contributed by atoms with Crippen molar-refractivity contribution in [2.75, 3.05) is 5.32 Å². The molecule has 3 aromatic rings. The fraction of sp³-hybridized carbons (Fsp3) is 0.154. The van der Waals surface area contributed by atoms with Gasteiger partial charge in [-0.05, 0) is 24.3 Å². The molecule has 0 spiro atoms. The highest BCUT2D eigenvalue weighted by atomic mass is 32.1. The standard InChI is InChI=1S/C13H11F2N3OS/c14-12(15)19-11-3-1-9(2-4-11)16-7-10-8-18-5-6-20-13(18)17-10/h1-6,8,12,16H,7H2. The highest BCUT2D eigenvalue weighted by Gasteiger charge is 2.04. The second-order valence-corrected chi connectivity index (χ2v) is 4.95. The van der Waals surface area contributed by atoms with Crippen LogP contribution in [0, 0.1) is 0 Å². The zero-order chi connectivity index (χ0) is 13.9. The van der Waals surface area contributed by atoms with E-state index in [2.05, 4.69) is 15.0 Å². The van der Waals surface area contributed by atoms with Crippen molar-refractivity contribution in [2.45, 2.75) is 13.2 Å². The number of hydrogen-bond donors (Lipinski definition) is 1. The van der Waals surface area contributed by atoms with Gasteiger partial charge in [0.2, 0.25) is 0 Å². The van der Waals surface area contributed by atoms with Gasteiger partial charge in [-0.3, -0.25) is 4.40 Å². The molecule has 0 aliphatic carbocycles. The number of nitrogens with zero attached hydrogens (tertiary/aromatic N) is 2. The minimum Gasteiger partial charge on any atom is -0.435 e. The zero-order valence-corrected chi connectivity index (χ0v) is 11.1. The summed E-state index contributed by atoms with van der Waals surface area (Å²) in [7, 11) is 0. The predicted molar refractivity (Wildman–Crippen MR) is 73.5 cm³/mol. The topological polar surface area (TPSA) is 38.6 Å². The summed E-state index contributed by atoms with van der Waals surface area (Å²) in [4.78, 5) is 5.39. The van der Waals surface area contributed by atoms with Gasteiger partial charge in [-0.25, -0.2) is 4.98 Å². The summed E-state index contributed by atoms with van der Waals surface area (Å²) >= 11 is 1.57. The number of fused-ring (bicyclic) bond motifs is 1. The number of hydrogen-bond acceptors (Lipinski definition) is 4. The lowest BCUT2D eigenvalue weighted by molar-refractivity contribution is -0.0498. The molecule has 0 aliphatic heterocycles. The quantitative estimate of drug-likeness (QED) is 0.781. The smallest absolute Gasteiger partial charge is 0.387 e. The van der Waals surface area contributed by atoms with Crippen molar-refractivity contribution >= 4 is 22.0 Å². The van der Waals surface area contributed by atoms with Crippen molar-refractivity contribution in [3.63, 3.8) is 0 Å². The zero-order valence-electron chi connectivity index (χ0n) is 10.3. The summed E-state index contributed by atoms with van der Waals surface area (Å²) in [5, 5.41) is 5.15. The Morgan fingerprint density at radius 1 is 1.30 bits per heavy atom. The van der Waals surface area contributed by atoms with Gasteiger partial charge in [0, 0.05) is 23.5 Å². The summed E-state index contributed by atoms with van der Waals surface area (Å²) < 4.78 is 30.3. The number of alkyl halides is 2. The van der Waals surface area contributed by atoms with Crippen LogP contribution in [0.2, 0.25) is 0 Å². The fourth-order valence-electron chi connectivity index (χ4n) is 1.81. The Labute approximate surface area is 117 Å². The van der Waals surface area contributed by atoms with Crippen LogP contribution < -0.4 is 10.1 Å². The predicted octanol–water partition coefficient (Wildman–Crippen LogP) is 3.61. The first kappa shape index (κ1) is 12.9. The average molecular weight is 295 g/mol. The second kappa shape index (κ2) is 5.46. The van der Waals surface area contributed by atoms with E-state index in [4.69, 9.17) is 0 Å². The molecule has 4 nitrogen and oxygen atoms in total. The van der Waals surface area contributed by atoms with Gasteiger partial charge < -0.3 is 10.1 Å². The van der Waals surface area contributed by atoms with Crippen molar-refractivity contribution in [1.29, 1.82) is 0 Å². The molecule has 0 fully saturated rings. The minimum absolute atomic E-state index is 0.146. The number of aromatic nitrogens is 2. The van der Waals surface area contributed by atoms with E-state index in [-0.39, 0.29) is 5.75 Å². The van der Waals surface area contributed by atoms with Crippen LogP contribution in [0.4, 0.5) is 14.5 Å². The molecule has 3 rings (SSSR count). The molecule has 20 heavy (non-hydrogen) atoms. The van der Waals surface area contributed by atoms with Gasteiger partial charge in [-0.15, -0.1) is 11.3 Å². The molecule has 0 amide bonds. The maximum atomic E-state index is 12.0. The fourth-order valence-corrected chi connectivity index (χ4v) is 2.53. The first-order valence-corrected chi connectivity index (χ1v) is 6.78. The van der Waals surface area contributed by atoms with Crippen LogP contribution in [0.15, 0.2) is 42.0 Å². The molecule has 1 N–H and O–H groups in total. The Morgan fingerprint density at radius 2 is 2.10 bits per heavy atom. The van der Waals surface area contributed by atoms with E-state index in [0.717, 1.165) is 16.3 Å². The Kier molecular flexibility index (Phi) is 3.51. The molecule has 0 bridgehead atoms. The molecule has 0 aliphatic rings. The van der Waals surface area contributed by atoms with Crippen molar-refractivity contribution in [3.05, 3.63) is 47.7 Å². The molecule has 7 heteroatoms. The van der Waals surface area contributed by atoms with Crippen molar-refractivity contribution in [2.24, 2.45) is 0 Å². The number of thiazole rings is 1. The van der Waals surface area contributed by atoms with Gasteiger partial charge in [0.1, 0.15) is 5.75 Å². The molecular weight excluding hydrogens is 284 g/mol. The van der Waals surface area contributed by atoms with Gasteiger partial charge in [0.25, 0.3) is 0 Å². The van der Waals surface area contributed by atoms with E-state index >= 15 is 0 Å². The SMILES string of the molecule is FC(F)Oc1ccc(NCc2cn3ccsc3n2)cc1. The molecule has 0 unspecified atom stereocenters. The maximum absolute atomic E-state index is 12.0. The van der Waals surface area contributed by atoms with Gasteiger partial charge in [-0.1, -0.05) is 0 Å². The second-order valence-electron chi connectivity index (χ2n) is 4.08. The van der Waals surface area contributed by atoms with Crippen LogP contribution in [-0.2, 0) is 6.54 Å². The molecular formula is C13H11F2N3OS. The van der Waals surface area contributed by atoms with E-state index < -0.39 is 6.61 Å². The van der Waals surface area contributed by atoms with E-state index in [0.29, 0.717) is 6.54 Å². The molecule has 0 atom stereocenters. The number of anilines is 1. The minimum atomic E-state index is -2.80. The normalized spacial score (nSPS) is 11.2. The summed E-state index contributed by atoms with van der Waals surface area (Å²) in [5.74, 6) is 0.146. The molecule has 0 saturated carbocycles. The molecule has 1 aromatic carbocycles. The van der Waals surface area contributed by atoms with Crippen LogP contribution in [0.3, 0.4) is 0 Å². The van der Waals surface area contributed by atoms with Crippen molar-refractivity contribution in [3.8, 4) is 5.75 Å². The Morgan fingerprint density at radius 3 is 2.80 bits per heavy atom. The summed E-state index contributed by atoms with van der Waals surface area (Å²) in [6, 6.07) is 6.38. The summed E-state index contributed by atoms with van der Waals surface area (Å²) in [6.45, 7) is -2.23. The molecule has 2 aromatic heterocycles. The third kappa shape index (κ3) is 2.88. The maximum Gasteiger partial charge on any atom is 0.387 e. The lowest BCUT2D eigenvalue weighted by atomic mass is 10.3. The third-order valence-corrected chi connectivity index (χ3v) is 3.47. The summed E-state index contributed by atoms with van der Waals surface area (Å²) in [6.07, 6.45) is 3.90. The van der Waals surface area contributed by atoms with E-state index in [9.17, 15) is 8.78 Å². The molecule has 0 saturated heterocycles. The van der Waals surface area contributed by atoms with Crippen LogP contribution in [0.5, 0.6) is 5.75 Å². The van der Waals surface area contributed by atoms with Gasteiger partial charge in [0.05, 0.1) is 12.2 Å². The van der Waals surface area contributed by atoms with E-state index in [1.807, 2.05) is 22.2 Å². The van der Waals surface area contributed by atoms with Crippen LogP contribution >= 0.6 is 11.3 Å². The number of ether oxygens (including phenoxy) is 1. The largest absolute Gasteiger partial charge is 0.435 e. The third-order valence-electron chi connectivity index (χ3n) is 2.70. The first-order valence-electron chi connectivity index (χ1n) is 5.90. The van der Waals surface area contributed by atoms with Gasteiger partial charge in [0.15, 0.2) is 4.96 Å². The van der Waals surface area contributed by atoms with Gasteiger partial charge in [-0.2, -0.15) is 8.78 Å². The summed E-state index contributed by atoms with van der Waals surface area (Å²) in [5.41, 5.74) is 1.74. The molecule has 0 radical (unpaired) electrons.